The topological polar surface area (TPSA) is 74.7 Å². The van der Waals surface area contributed by atoms with Crippen LogP contribution in [0.1, 0.15) is 60.8 Å². The van der Waals surface area contributed by atoms with Gasteiger partial charge in [0.25, 0.3) is 5.91 Å². The van der Waals surface area contributed by atoms with Crippen molar-refractivity contribution in [2.45, 2.75) is 70.1 Å². The molecule has 3 aliphatic rings. The molecule has 1 aromatic heterocycles. The van der Waals surface area contributed by atoms with E-state index in [0.717, 1.165) is 43.2 Å². The predicted octanol–water partition coefficient (Wildman–Crippen LogP) is 2.21. The first kappa shape index (κ1) is 19.8. The highest BCUT2D eigenvalue weighted by molar-refractivity contribution is 5.95. The standard InChI is InChI=1S/C22H33N3O3/c1-15-12-18(13-16(2)23-15)19(26)24-21(3)8-11-28-22(20(21)27)6-9-25(10-7-22)14-17-4-5-17/h12-13,17,20,27H,4-11,14H2,1-3H3,(H,24,26)/t20-,21+/m1/s1. The fourth-order valence-corrected chi connectivity index (χ4v) is 4.89. The number of carbonyl (C=O) groups excluding carboxylic acids is 1. The molecule has 6 nitrogen and oxygen atoms in total. The van der Waals surface area contributed by atoms with Gasteiger partial charge in [-0.2, -0.15) is 0 Å². The number of ether oxygens (including phenoxy) is 1. The maximum atomic E-state index is 12.9. The number of nitrogens with zero attached hydrogens (tertiary/aromatic N) is 2. The lowest BCUT2D eigenvalue weighted by Crippen LogP contribution is -2.69. The van der Waals surface area contributed by atoms with Crippen molar-refractivity contribution in [3.05, 3.63) is 29.1 Å². The third kappa shape index (κ3) is 3.95. The van der Waals surface area contributed by atoms with Crippen molar-refractivity contribution >= 4 is 5.91 Å². The molecule has 1 spiro atoms. The molecule has 3 fully saturated rings. The largest absolute Gasteiger partial charge is 0.388 e. The molecule has 2 atom stereocenters. The summed E-state index contributed by atoms with van der Waals surface area (Å²) in [6, 6.07) is 3.59. The summed E-state index contributed by atoms with van der Waals surface area (Å²) in [6.45, 7) is 9.39. The van der Waals surface area contributed by atoms with E-state index in [9.17, 15) is 9.90 Å². The second kappa shape index (κ2) is 7.39. The molecule has 0 bridgehead atoms. The maximum Gasteiger partial charge on any atom is 0.251 e. The number of hydrogen-bond acceptors (Lipinski definition) is 5. The summed E-state index contributed by atoms with van der Waals surface area (Å²) in [5.41, 5.74) is 0.992. The molecule has 1 amide bonds. The Morgan fingerprint density at radius 2 is 1.89 bits per heavy atom. The molecule has 6 heteroatoms. The van der Waals surface area contributed by atoms with E-state index in [0.29, 0.717) is 18.6 Å². The molecule has 2 aliphatic heterocycles. The molecule has 1 aliphatic carbocycles. The summed E-state index contributed by atoms with van der Waals surface area (Å²) < 4.78 is 6.17. The summed E-state index contributed by atoms with van der Waals surface area (Å²) >= 11 is 0. The highest BCUT2D eigenvalue weighted by Gasteiger charge is 2.54. The monoisotopic (exact) mass is 387 g/mol. The van der Waals surface area contributed by atoms with Crippen molar-refractivity contribution in [1.29, 1.82) is 0 Å². The highest BCUT2D eigenvalue weighted by atomic mass is 16.5. The number of aromatic nitrogens is 1. The van der Waals surface area contributed by atoms with Gasteiger partial charge in [-0.15, -0.1) is 0 Å². The Balaban J connectivity index is 1.45. The van der Waals surface area contributed by atoms with Crippen LogP contribution in [-0.2, 0) is 4.74 Å². The van der Waals surface area contributed by atoms with E-state index in [1.54, 1.807) is 12.1 Å². The molecule has 4 rings (SSSR count). The first-order valence-electron chi connectivity index (χ1n) is 10.6. The molecule has 0 unspecified atom stereocenters. The van der Waals surface area contributed by atoms with Crippen molar-refractivity contribution in [2.75, 3.05) is 26.2 Å². The molecular formula is C22H33N3O3. The van der Waals surface area contributed by atoms with Crippen molar-refractivity contribution in [2.24, 2.45) is 5.92 Å². The van der Waals surface area contributed by atoms with E-state index >= 15 is 0 Å². The Hall–Kier alpha value is -1.50. The van der Waals surface area contributed by atoms with Crippen LogP contribution in [0.3, 0.4) is 0 Å². The fraction of sp³-hybridized carbons (Fsp3) is 0.727. The molecule has 2 N–H and O–H groups in total. The van der Waals surface area contributed by atoms with Crippen molar-refractivity contribution in [3.8, 4) is 0 Å². The van der Waals surface area contributed by atoms with Crippen LogP contribution in [0.2, 0.25) is 0 Å². The van der Waals surface area contributed by atoms with Gasteiger partial charge in [0.2, 0.25) is 0 Å². The van der Waals surface area contributed by atoms with Gasteiger partial charge in [0.1, 0.15) is 6.10 Å². The minimum atomic E-state index is -0.718. The molecule has 3 heterocycles. The van der Waals surface area contributed by atoms with Gasteiger partial charge in [0.15, 0.2) is 0 Å². The summed E-state index contributed by atoms with van der Waals surface area (Å²) in [7, 11) is 0. The van der Waals surface area contributed by atoms with Crippen LogP contribution >= 0.6 is 0 Å². The molecule has 2 saturated heterocycles. The Morgan fingerprint density at radius 1 is 1.25 bits per heavy atom. The normalized spacial score (nSPS) is 30.4. The number of aryl methyl sites for hydroxylation is 2. The molecule has 1 aromatic rings. The van der Waals surface area contributed by atoms with Gasteiger partial charge in [-0.3, -0.25) is 9.78 Å². The number of amides is 1. The van der Waals surface area contributed by atoms with Crippen LogP contribution in [0.5, 0.6) is 0 Å². The van der Waals surface area contributed by atoms with Crippen LogP contribution in [0, 0.1) is 19.8 Å². The fourth-order valence-electron chi connectivity index (χ4n) is 4.89. The molecule has 154 valence electrons. The van der Waals surface area contributed by atoms with E-state index in [1.165, 1.54) is 19.4 Å². The van der Waals surface area contributed by atoms with Gasteiger partial charge in [-0.05, 0) is 70.9 Å². The van der Waals surface area contributed by atoms with E-state index in [2.05, 4.69) is 15.2 Å². The maximum absolute atomic E-state index is 12.9. The van der Waals surface area contributed by atoms with Gasteiger partial charge in [-0.25, -0.2) is 0 Å². The average Bonchev–Trinajstić information content (AvgIpc) is 3.45. The lowest BCUT2D eigenvalue weighted by Gasteiger charge is -2.53. The Kier molecular flexibility index (Phi) is 5.23. The Labute approximate surface area is 167 Å². The molecular weight excluding hydrogens is 354 g/mol. The number of aliphatic hydroxyl groups excluding tert-OH is 1. The number of pyridine rings is 1. The lowest BCUT2D eigenvalue weighted by atomic mass is 9.73. The predicted molar refractivity (Wildman–Crippen MR) is 107 cm³/mol. The molecule has 1 saturated carbocycles. The van der Waals surface area contributed by atoms with E-state index in [4.69, 9.17) is 4.74 Å². The van der Waals surface area contributed by atoms with Crippen LogP contribution in [0.4, 0.5) is 0 Å². The van der Waals surface area contributed by atoms with Crippen molar-refractivity contribution < 1.29 is 14.6 Å². The highest BCUT2D eigenvalue weighted by Crippen LogP contribution is 2.41. The van der Waals surface area contributed by atoms with Crippen molar-refractivity contribution in [1.82, 2.24) is 15.2 Å². The zero-order valence-electron chi connectivity index (χ0n) is 17.3. The first-order valence-corrected chi connectivity index (χ1v) is 10.6. The number of carbonyl (C=O) groups is 1. The molecule has 0 radical (unpaired) electrons. The number of likely N-dealkylation sites (tertiary alicyclic amines) is 1. The number of hydrogen-bond donors (Lipinski definition) is 2. The summed E-state index contributed by atoms with van der Waals surface area (Å²) in [6.07, 6.45) is 4.25. The van der Waals surface area contributed by atoms with Gasteiger partial charge in [0.05, 0.1) is 11.1 Å². The Morgan fingerprint density at radius 3 is 2.50 bits per heavy atom. The van der Waals surface area contributed by atoms with Crippen LogP contribution in [0.25, 0.3) is 0 Å². The number of rotatable bonds is 4. The number of nitrogens with one attached hydrogen (secondary N) is 1. The van der Waals surface area contributed by atoms with E-state index in [-0.39, 0.29) is 5.91 Å². The number of aliphatic hydroxyl groups is 1. The smallest absolute Gasteiger partial charge is 0.251 e. The molecule has 28 heavy (non-hydrogen) atoms. The zero-order chi connectivity index (χ0) is 19.9. The minimum absolute atomic E-state index is 0.154. The van der Waals surface area contributed by atoms with Crippen LogP contribution in [0.15, 0.2) is 12.1 Å². The lowest BCUT2D eigenvalue weighted by molar-refractivity contribution is -0.205. The molecule has 0 aromatic carbocycles. The van der Waals surface area contributed by atoms with Gasteiger partial charge >= 0.3 is 0 Å². The number of piperidine rings is 1. The van der Waals surface area contributed by atoms with E-state index < -0.39 is 17.2 Å². The first-order chi connectivity index (χ1) is 13.3. The summed E-state index contributed by atoms with van der Waals surface area (Å²) in [5.74, 6) is 0.724. The van der Waals surface area contributed by atoms with Crippen molar-refractivity contribution in [3.63, 3.8) is 0 Å². The summed E-state index contributed by atoms with van der Waals surface area (Å²) in [4.78, 5) is 19.8. The third-order valence-electron chi connectivity index (χ3n) is 6.77. The second-order valence-electron chi connectivity index (χ2n) is 9.32. The van der Waals surface area contributed by atoms with Gasteiger partial charge < -0.3 is 20.1 Å². The Bertz CT molecular complexity index is 720. The third-order valence-corrected chi connectivity index (χ3v) is 6.77. The average molecular weight is 388 g/mol. The van der Waals surface area contributed by atoms with Gasteiger partial charge in [-0.1, -0.05) is 0 Å². The van der Waals surface area contributed by atoms with Crippen LogP contribution < -0.4 is 5.32 Å². The van der Waals surface area contributed by atoms with Crippen LogP contribution in [-0.4, -0.2) is 64.4 Å². The minimum Gasteiger partial charge on any atom is -0.388 e. The second-order valence-corrected chi connectivity index (χ2v) is 9.32. The SMILES string of the molecule is Cc1cc(C(=O)N[C@@]2(C)CCOC3(CCN(CC4CC4)CC3)[C@@H]2O)cc(C)n1. The zero-order valence-corrected chi connectivity index (χ0v) is 17.3. The van der Waals surface area contributed by atoms with Gasteiger partial charge in [0, 0.05) is 43.2 Å². The summed E-state index contributed by atoms with van der Waals surface area (Å²) in [5, 5.41) is 14.4. The van der Waals surface area contributed by atoms with E-state index in [1.807, 2.05) is 20.8 Å². The quantitative estimate of drug-likeness (QED) is 0.829.